The van der Waals surface area contributed by atoms with E-state index in [1.807, 2.05) is 0 Å². The zero-order valence-electron chi connectivity index (χ0n) is 18.4. The van der Waals surface area contributed by atoms with Crippen LogP contribution in [-0.2, 0) is 9.47 Å². The maximum absolute atomic E-state index is 6.31. The third-order valence-corrected chi connectivity index (χ3v) is 7.28. The molecule has 3 heterocycles. The average molecular weight is 382 g/mol. The Labute approximate surface area is 167 Å². The van der Waals surface area contributed by atoms with Crippen molar-refractivity contribution in [1.29, 1.82) is 0 Å². The van der Waals surface area contributed by atoms with Crippen molar-refractivity contribution in [3.05, 3.63) is 0 Å². The maximum Gasteiger partial charge on any atom is 0.0880 e. The summed E-state index contributed by atoms with van der Waals surface area (Å²) in [5.41, 5.74) is 0.0468. The minimum absolute atomic E-state index is 0.0468. The van der Waals surface area contributed by atoms with Gasteiger partial charge in [0.25, 0.3) is 0 Å². The lowest BCUT2D eigenvalue weighted by atomic mass is 9.86. The van der Waals surface area contributed by atoms with Crippen molar-refractivity contribution in [3.63, 3.8) is 0 Å². The topological polar surface area (TPSA) is 37.0 Å². The molecule has 0 spiro atoms. The second kappa shape index (κ2) is 9.53. The van der Waals surface area contributed by atoms with Gasteiger partial charge in [0.1, 0.15) is 0 Å². The molecule has 3 aliphatic heterocycles. The van der Waals surface area contributed by atoms with Crippen molar-refractivity contribution < 1.29 is 9.47 Å². The Morgan fingerprint density at radius 2 is 1.85 bits per heavy atom. The first-order valence-corrected chi connectivity index (χ1v) is 11.3. The Bertz CT molecular complexity index is 451. The molecule has 0 saturated carbocycles. The van der Waals surface area contributed by atoms with E-state index in [9.17, 15) is 0 Å². The van der Waals surface area contributed by atoms with E-state index in [1.54, 1.807) is 0 Å². The lowest BCUT2D eigenvalue weighted by molar-refractivity contribution is -0.141. The summed E-state index contributed by atoms with van der Waals surface area (Å²) in [6.45, 7) is 21.2. The van der Waals surface area contributed by atoms with Crippen LogP contribution in [0.4, 0.5) is 0 Å². The molecule has 158 valence electrons. The molecule has 0 radical (unpaired) electrons. The van der Waals surface area contributed by atoms with Gasteiger partial charge in [-0.3, -0.25) is 9.80 Å². The molecular formula is C22H43N3O2. The van der Waals surface area contributed by atoms with Crippen LogP contribution in [-0.4, -0.2) is 86.6 Å². The molecule has 4 atom stereocenters. The van der Waals surface area contributed by atoms with Crippen molar-refractivity contribution in [1.82, 2.24) is 15.1 Å². The van der Waals surface area contributed by atoms with Gasteiger partial charge < -0.3 is 14.8 Å². The Balaban J connectivity index is 1.55. The van der Waals surface area contributed by atoms with E-state index in [0.29, 0.717) is 12.0 Å². The number of hydrogen-bond acceptors (Lipinski definition) is 5. The van der Waals surface area contributed by atoms with Crippen LogP contribution < -0.4 is 5.32 Å². The van der Waals surface area contributed by atoms with Gasteiger partial charge in [0.05, 0.1) is 25.4 Å². The molecule has 3 fully saturated rings. The largest absolute Gasteiger partial charge is 0.375 e. The fourth-order valence-corrected chi connectivity index (χ4v) is 5.02. The predicted molar refractivity (Wildman–Crippen MR) is 111 cm³/mol. The fourth-order valence-electron chi connectivity index (χ4n) is 5.02. The molecule has 0 aromatic rings. The molecule has 2 unspecified atom stereocenters. The minimum atomic E-state index is 0.0468. The molecule has 0 aromatic heterocycles. The first kappa shape index (κ1) is 21.5. The molecule has 1 N–H and O–H groups in total. The van der Waals surface area contributed by atoms with E-state index in [4.69, 9.17) is 9.47 Å². The fraction of sp³-hybridized carbons (Fsp3) is 1.00. The normalized spacial score (nSPS) is 33.3. The Morgan fingerprint density at radius 3 is 2.56 bits per heavy atom. The summed E-state index contributed by atoms with van der Waals surface area (Å²) in [7, 11) is 0. The number of hydrogen-bond donors (Lipinski definition) is 1. The molecule has 5 heteroatoms. The number of nitrogens with zero attached hydrogens (tertiary/aromatic N) is 2. The molecule has 0 bridgehead atoms. The molecule has 3 rings (SSSR count). The van der Waals surface area contributed by atoms with Crippen LogP contribution in [0.5, 0.6) is 0 Å². The van der Waals surface area contributed by atoms with E-state index in [0.717, 1.165) is 51.2 Å². The van der Waals surface area contributed by atoms with Crippen LogP contribution >= 0.6 is 0 Å². The van der Waals surface area contributed by atoms with Crippen molar-refractivity contribution >= 4 is 0 Å². The maximum atomic E-state index is 6.31. The van der Waals surface area contributed by atoms with Gasteiger partial charge in [-0.05, 0) is 57.5 Å². The van der Waals surface area contributed by atoms with Gasteiger partial charge in [0, 0.05) is 38.3 Å². The summed E-state index contributed by atoms with van der Waals surface area (Å²) in [6.07, 6.45) is 3.34. The van der Waals surface area contributed by atoms with Crippen LogP contribution in [0.15, 0.2) is 0 Å². The standard InChI is InChI=1S/C22H43N3O2/c1-17(2)20-15-25(10-12-26-20)22(4,5)21-16-24(9-11-27-21)14-18(3)19-7-6-8-23-13-19/h17-21,23H,6-16H2,1-5H3/t18?,19?,20-,21+/m0/s1. The monoisotopic (exact) mass is 381 g/mol. The lowest BCUT2D eigenvalue weighted by Crippen LogP contribution is -2.63. The third-order valence-electron chi connectivity index (χ3n) is 7.28. The summed E-state index contributed by atoms with van der Waals surface area (Å²) in [6, 6.07) is 0. The highest BCUT2D eigenvalue weighted by molar-refractivity contribution is 4.96. The first-order chi connectivity index (χ1) is 12.9. The summed E-state index contributed by atoms with van der Waals surface area (Å²) < 4.78 is 12.3. The second-order valence-corrected chi connectivity index (χ2v) is 9.96. The highest BCUT2D eigenvalue weighted by Crippen LogP contribution is 2.29. The Morgan fingerprint density at radius 1 is 1.07 bits per heavy atom. The van der Waals surface area contributed by atoms with Crippen LogP contribution in [0.2, 0.25) is 0 Å². The van der Waals surface area contributed by atoms with Gasteiger partial charge in [-0.1, -0.05) is 20.8 Å². The molecule has 3 aliphatic rings. The summed E-state index contributed by atoms with van der Waals surface area (Å²) in [5, 5.41) is 3.58. The van der Waals surface area contributed by atoms with Crippen LogP contribution in [0.3, 0.4) is 0 Å². The molecule has 3 saturated heterocycles. The van der Waals surface area contributed by atoms with Crippen molar-refractivity contribution in [2.24, 2.45) is 17.8 Å². The number of ether oxygens (including phenoxy) is 2. The van der Waals surface area contributed by atoms with Crippen LogP contribution in [0.25, 0.3) is 0 Å². The third kappa shape index (κ3) is 5.45. The average Bonchev–Trinajstić information content (AvgIpc) is 2.69. The molecule has 0 aliphatic carbocycles. The van der Waals surface area contributed by atoms with Gasteiger partial charge in [-0.2, -0.15) is 0 Å². The van der Waals surface area contributed by atoms with Gasteiger partial charge in [0.15, 0.2) is 0 Å². The van der Waals surface area contributed by atoms with Crippen LogP contribution in [0.1, 0.15) is 47.5 Å². The molecule has 27 heavy (non-hydrogen) atoms. The van der Waals surface area contributed by atoms with Gasteiger partial charge >= 0.3 is 0 Å². The summed E-state index contributed by atoms with van der Waals surface area (Å²) in [5.74, 6) is 2.16. The van der Waals surface area contributed by atoms with E-state index in [1.165, 1.54) is 32.5 Å². The highest BCUT2D eigenvalue weighted by Gasteiger charge is 2.41. The minimum Gasteiger partial charge on any atom is -0.375 e. The van der Waals surface area contributed by atoms with Crippen molar-refractivity contribution in [2.75, 3.05) is 59.0 Å². The Kier molecular flexibility index (Phi) is 7.59. The van der Waals surface area contributed by atoms with E-state index >= 15 is 0 Å². The quantitative estimate of drug-likeness (QED) is 0.765. The number of piperidine rings is 1. The second-order valence-electron chi connectivity index (χ2n) is 9.96. The molecular weight excluding hydrogens is 338 g/mol. The smallest absolute Gasteiger partial charge is 0.0880 e. The Hall–Kier alpha value is -0.200. The highest BCUT2D eigenvalue weighted by atomic mass is 16.5. The first-order valence-electron chi connectivity index (χ1n) is 11.3. The van der Waals surface area contributed by atoms with Gasteiger partial charge in [0.2, 0.25) is 0 Å². The van der Waals surface area contributed by atoms with Gasteiger partial charge in [-0.25, -0.2) is 0 Å². The van der Waals surface area contributed by atoms with E-state index in [-0.39, 0.29) is 11.6 Å². The van der Waals surface area contributed by atoms with Crippen LogP contribution in [0, 0.1) is 17.8 Å². The van der Waals surface area contributed by atoms with E-state index in [2.05, 4.69) is 49.7 Å². The number of nitrogens with one attached hydrogen (secondary N) is 1. The summed E-state index contributed by atoms with van der Waals surface area (Å²) >= 11 is 0. The summed E-state index contributed by atoms with van der Waals surface area (Å²) in [4.78, 5) is 5.28. The number of morpholine rings is 2. The molecule has 5 nitrogen and oxygen atoms in total. The zero-order chi connectivity index (χ0) is 19.4. The predicted octanol–water partition coefficient (Wildman–Crippen LogP) is 2.46. The zero-order valence-corrected chi connectivity index (χ0v) is 18.4. The lowest BCUT2D eigenvalue weighted by Gasteiger charge is -2.50. The van der Waals surface area contributed by atoms with Crippen molar-refractivity contribution in [3.8, 4) is 0 Å². The SMILES string of the molecule is CC(CN1CCO[C@@H](C(C)(C)N2CCO[C@H](C(C)C)C2)C1)C1CCCNC1. The molecule has 0 amide bonds. The van der Waals surface area contributed by atoms with E-state index < -0.39 is 0 Å². The van der Waals surface area contributed by atoms with Gasteiger partial charge in [-0.15, -0.1) is 0 Å². The number of rotatable bonds is 6. The molecule has 0 aromatic carbocycles. The van der Waals surface area contributed by atoms with Crippen molar-refractivity contribution in [2.45, 2.75) is 65.2 Å².